The minimum absolute atomic E-state index is 0.142. The number of ether oxygens (including phenoxy) is 1. The second-order valence-corrected chi connectivity index (χ2v) is 5.24. The molecule has 0 aliphatic carbocycles. The molecule has 3 rings (SSSR count). The predicted molar refractivity (Wildman–Crippen MR) is 85.5 cm³/mol. The first-order valence-electron chi connectivity index (χ1n) is 7.03. The molecule has 0 radical (unpaired) electrons. The quantitative estimate of drug-likeness (QED) is 0.742. The molecule has 0 aliphatic rings. The van der Waals surface area contributed by atoms with E-state index in [0.29, 0.717) is 11.1 Å². The standard InChI is InChI=1S/C17H15FN2O3/c1-19-15-9-12(18)5-8-14(15)16(21)20(17(19)22)10-11-3-6-13(23-2)7-4-11/h3-9H,10H2,1-2H3. The summed E-state index contributed by atoms with van der Waals surface area (Å²) in [6.45, 7) is 0.142. The van der Waals surface area contributed by atoms with Crippen LogP contribution < -0.4 is 16.0 Å². The molecular formula is C17H15FN2O3. The summed E-state index contributed by atoms with van der Waals surface area (Å²) in [5.41, 5.74) is 0.167. The molecule has 6 heteroatoms. The minimum Gasteiger partial charge on any atom is -0.497 e. The molecule has 1 aromatic heterocycles. The Morgan fingerprint density at radius 2 is 1.78 bits per heavy atom. The molecule has 0 bridgehead atoms. The maximum atomic E-state index is 13.4. The molecule has 0 amide bonds. The fraction of sp³-hybridized carbons (Fsp3) is 0.176. The van der Waals surface area contributed by atoms with Gasteiger partial charge in [0.05, 0.1) is 24.6 Å². The number of rotatable bonds is 3. The number of aromatic nitrogens is 2. The Balaban J connectivity index is 2.15. The van der Waals surface area contributed by atoms with Crippen molar-refractivity contribution in [2.45, 2.75) is 6.54 Å². The lowest BCUT2D eigenvalue weighted by Crippen LogP contribution is -2.39. The molecular weight excluding hydrogens is 299 g/mol. The van der Waals surface area contributed by atoms with E-state index < -0.39 is 17.1 Å². The van der Waals surface area contributed by atoms with Crippen LogP contribution >= 0.6 is 0 Å². The number of fused-ring (bicyclic) bond motifs is 1. The maximum Gasteiger partial charge on any atom is 0.331 e. The Bertz CT molecular complexity index is 988. The molecule has 5 nitrogen and oxygen atoms in total. The highest BCUT2D eigenvalue weighted by Crippen LogP contribution is 2.13. The van der Waals surface area contributed by atoms with Crippen molar-refractivity contribution in [3.63, 3.8) is 0 Å². The first-order valence-corrected chi connectivity index (χ1v) is 7.03. The van der Waals surface area contributed by atoms with Gasteiger partial charge in [0, 0.05) is 7.05 Å². The van der Waals surface area contributed by atoms with Gasteiger partial charge >= 0.3 is 5.69 Å². The highest BCUT2D eigenvalue weighted by Gasteiger charge is 2.12. The molecule has 1 heterocycles. The third kappa shape index (κ3) is 2.63. The van der Waals surface area contributed by atoms with Gasteiger partial charge in [-0.05, 0) is 35.9 Å². The second kappa shape index (κ2) is 5.72. The van der Waals surface area contributed by atoms with Gasteiger partial charge in [-0.1, -0.05) is 12.1 Å². The van der Waals surface area contributed by atoms with E-state index in [2.05, 4.69) is 0 Å². The van der Waals surface area contributed by atoms with Crippen LogP contribution in [-0.4, -0.2) is 16.2 Å². The fourth-order valence-electron chi connectivity index (χ4n) is 2.53. The average molecular weight is 314 g/mol. The van der Waals surface area contributed by atoms with Crippen LogP contribution in [0.3, 0.4) is 0 Å². The lowest BCUT2D eigenvalue weighted by molar-refractivity contribution is 0.414. The van der Waals surface area contributed by atoms with Crippen molar-refractivity contribution in [3.05, 3.63) is 74.7 Å². The average Bonchev–Trinajstić information content (AvgIpc) is 2.57. The first-order chi connectivity index (χ1) is 11.0. The largest absolute Gasteiger partial charge is 0.497 e. The van der Waals surface area contributed by atoms with Crippen molar-refractivity contribution < 1.29 is 9.13 Å². The van der Waals surface area contributed by atoms with Crippen LogP contribution in [0.5, 0.6) is 5.75 Å². The van der Waals surface area contributed by atoms with Crippen LogP contribution in [-0.2, 0) is 13.6 Å². The topological polar surface area (TPSA) is 53.2 Å². The number of hydrogen-bond acceptors (Lipinski definition) is 3. The van der Waals surface area contributed by atoms with E-state index in [1.807, 2.05) is 0 Å². The lowest BCUT2D eigenvalue weighted by atomic mass is 10.2. The second-order valence-electron chi connectivity index (χ2n) is 5.24. The van der Waals surface area contributed by atoms with Gasteiger partial charge in [-0.25, -0.2) is 9.18 Å². The minimum atomic E-state index is -0.486. The number of methoxy groups -OCH3 is 1. The van der Waals surface area contributed by atoms with Gasteiger partial charge in [0.25, 0.3) is 5.56 Å². The van der Waals surface area contributed by atoms with Crippen molar-refractivity contribution in [1.82, 2.24) is 9.13 Å². The third-order valence-corrected chi connectivity index (χ3v) is 3.81. The lowest BCUT2D eigenvalue weighted by Gasteiger charge is -2.11. The maximum absolute atomic E-state index is 13.4. The number of benzene rings is 2. The summed E-state index contributed by atoms with van der Waals surface area (Å²) in [4.78, 5) is 25.0. The van der Waals surface area contributed by atoms with Gasteiger partial charge in [-0.15, -0.1) is 0 Å². The first kappa shape index (κ1) is 15.0. The molecule has 2 aromatic carbocycles. The number of hydrogen-bond donors (Lipinski definition) is 0. The van der Waals surface area contributed by atoms with E-state index in [0.717, 1.165) is 10.1 Å². The SMILES string of the molecule is COc1ccc(Cn2c(=O)c3ccc(F)cc3n(C)c2=O)cc1. The van der Waals surface area contributed by atoms with Crippen LogP contribution in [0.4, 0.5) is 4.39 Å². The molecule has 0 spiro atoms. The van der Waals surface area contributed by atoms with Gasteiger partial charge in [0.15, 0.2) is 0 Å². The van der Waals surface area contributed by atoms with Gasteiger partial charge in [0.2, 0.25) is 0 Å². The molecule has 0 saturated heterocycles. The summed E-state index contributed by atoms with van der Waals surface area (Å²) < 4.78 is 20.9. The normalized spacial score (nSPS) is 10.9. The molecule has 3 aromatic rings. The zero-order chi connectivity index (χ0) is 16.6. The predicted octanol–water partition coefficient (Wildman–Crippen LogP) is 1.90. The zero-order valence-electron chi connectivity index (χ0n) is 12.7. The highest BCUT2D eigenvalue weighted by atomic mass is 19.1. The summed E-state index contributed by atoms with van der Waals surface area (Å²) in [5.74, 6) is 0.211. The van der Waals surface area contributed by atoms with Gasteiger partial charge in [0.1, 0.15) is 11.6 Å². The fourth-order valence-corrected chi connectivity index (χ4v) is 2.53. The van der Waals surface area contributed by atoms with Crippen molar-refractivity contribution in [1.29, 1.82) is 0 Å². The van der Waals surface area contributed by atoms with Gasteiger partial charge < -0.3 is 4.74 Å². The van der Waals surface area contributed by atoms with Crippen molar-refractivity contribution in [3.8, 4) is 5.75 Å². The smallest absolute Gasteiger partial charge is 0.331 e. The van der Waals surface area contributed by atoms with Crippen LogP contribution in [0.2, 0.25) is 0 Å². The van der Waals surface area contributed by atoms with E-state index >= 15 is 0 Å². The summed E-state index contributed by atoms with van der Waals surface area (Å²) in [6.07, 6.45) is 0. The molecule has 118 valence electrons. The molecule has 0 atom stereocenters. The highest BCUT2D eigenvalue weighted by molar-refractivity contribution is 5.77. The summed E-state index contributed by atoms with van der Waals surface area (Å²) in [5, 5.41) is 0.307. The summed E-state index contributed by atoms with van der Waals surface area (Å²) in [7, 11) is 3.09. The summed E-state index contributed by atoms with van der Waals surface area (Å²) in [6, 6.07) is 10.9. The molecule has 23 heavy (non-hydrogen) atoms. The number of aryl methyl sites for hydroxylation is 1. The Hall–Kier alpha value is -2.89. The van der Waals surface area contributed by atoms with E-state index in [4.69, 9.17) is 4.74 Å². The monoisotopic (exact) mass is 314 g/mol. The number of halogens is 1. The molecule has 0 aliphatic heterocycles. The Labute approximate surface area is 131 Å². The van der Waals surface area contributed by atoms with Crippen LogP contribution in [0.1, 0.15) is 5.56 Å². The van der Waals surface area contributed by atoms with E-state index in [-0.39, 0.29) is 12.1 Å². The third-order valence-electron chi connectivity index (χ3n) is 3.81. The number of nitrogens with zero attached hydrogens (tertiary/aromatic N) is 2. The van der Waals surface area contributed by atoms with Gasteiger partial charge in [-0.2, -0.15) is 0 Å². The van der Waals surface area contributed by atoms with E-state index in [1.54, 1.807) is 31.4 Å². The molecule has 0 unspecified atom stereocenters. The Kier molecular flexibility index (Phi) is 3.73. The molecule has 0 N–H and O–H groups in total. The Morgan fingerprint density at radius 1 is 1.09 bits per heavy atom. The van der Waals surface area contributed by atoms with Crippen LogP contribution in [0.15, 0.2) is 52.1 Å². The van der Waals surface area contributed by atoms with Crippen LogP contribution in [0, 0.1) is 5.82 Å². The van der Waals surface area contributed by atoms with Crippen molar-refractivity contribution in [2.75, 3.05) is 7.11 Å². The summed E-state index contributed by atoms with van der Waals surface area (Å²) >= 11 is 0. The van der Waals surface area contributed by atoms with Crippen molar-refractivity contribution >= 4 is 10.9 Å². The van der Waals surface area contributed by atoms with Crippen molar-refractivity contribution in [2.24, 2.45) is 7.05 Å². The van der Waals surface area contributed by atoms with Crippen LogP contribution in [0.25, 0.3) is 10.9 Å². The molecule has 0 saturated carbocycles. The van der Waals surface area contributed by atoms with E-state index in [9.17, 15) is 14.0 Å². The molecule has 0 fully saturated rings. The van der Waals surface area contributed by atoms with E-state index in [1.165, 1.54) is 29.8 Å². The zero-order valence-corrected chi connectivity index (χ0v) is 12.7. The van der Waals surface area contributed by atoms with Gasteiger partial charge in [-0.3, -0.25) is 13.9 Å². The Morgan fingerprint density at radius 3 is 2.43 bits per heavy atom.